The third-order valence-electron chi connectivity index (χ3n) is 6.41. The minimum absolute atomic E-state index is 0.113. The first kappa shape index (κ1) is 31.1. The van der Waals surface area contributed by atoms with Crippen LogP contribution in [-0.4, -0.2) is 56.9 Å². The molecule has 0 aromatic heterocycles. The molecular formula is C29H34FN3O6S. The van der Waals surface area contributed by atoms with Gasteiger partial charge in [0.05, 0.1) is 36.5 Å². The zero-order valence-electron chi connectivity index (χ0n) is 22.8. The van der Waals surface area contributed by atoms with Crippen molar-refractivity contribution in [3.05, 3.63) is 101 Å². The van der Waals surface area contributed by atoms with Gasteiger partial charge in [-0.15, -0.1) is 4.33 Å². The highest BCUT2D eigenvalue weighted by atomic mass is 32.2. The number of carbonyl (C=O) groups excluding carboxylic acids is 2. The maximum absolute atomic E-state index is 13.3. The second-order valence-electron chi connectivity index (χ2n) is 9.25. The number of amides is 1. The van der Waals surface area contributed by atoms with E-state index in [9.17, 15) is 19.1 Å². The second-order valence-corrected chi connectivity index (χ2v) is 10.1. The number of aliphatic hydroxyl groups is 1. The maximum Gasteiger partial charge on any atom is 0.338 e. The largest absolute Gasteiger partial charge is 0.460 e. The van der Waals surface area contributed by atoms with Crippen LogP contribution >= 0.6 is 12.2 Å². The number of rotatable bonds is 14. The second kappa shape index (κ2) is 14.8. The van der Waals surface area contributed by atoms with E-state index in [1.807, 2.05) is 30.3 Å². The molecule has 9 nitrogen and oxygen atoms in total. The molecular weight excluding hydrogens is 537 g/mol. The van der Waals surface area contributed by atoms with E-state index in [1.54, 1.807) is 49.6 Å². The average Bonchev–Trinajstić information content (AvgIpc) is 2.98. The topological polar surface area (TPSA) is 109 Å². The van der Waals surface area contributed by atoms with Crippen LogP contribution in [0.3, 0.4) is 0 Å². The lowest BCUT2D eigenvalue weighted by atomic mass is 9.92. The number of likely N-dealkylation sites (N-methyl/N-ethyl adjacent to an activating group) is 1. The van der Waals surface area contributed by atoms with E-state index >= 15 is 0 Å². The number of benzene rings is 3. The summed E-state index contributed by atoms with van der Waals surface area (Å²) in [6, 6.07) is 19.6. The van der Waals surface area contributed by atoms with Crippen molar-refractivity contribution in [1.82, 2.24) is 10.6 Å². The van der Waals surface area contributed by atoms with Gasteiger partial charge in [-0.25, -0.2) is 14.1 Å². The Morgan fingerprint density at radius 2 is 1.75 bits per heavy atom. The predicted octanol–water partition coefficient (Wildman–Crippen LogP) is 4.24. The Morgan fingerprint density at radius 3 is 2.38 bits per heavy atom. The van der Waals surface area contributed by atoms with E-state index in [1.165, 1.54) is 25.3 Å². The summed E-state index contributed by atoms with van der Waals surface area (Å²) in [7, 11) is 4.73. The molecule has 3 aromatic carbocycles. The molecule has 0 heterocycles. The summed E-state index contributed by atoms with van der Waals surface area (Å²) >= 11 is 0.857. The molecule has 0 saturated heterocycles. The minimum Gasteiger partial charge on any atom is -0.460 e. The predicted molar refractivity (Wildman–Crippen MR) is 152 cm³/mol. The molecule has 40 heavy (non-hydrogen) atoms. The number of hydrogen-bond donors (Lipinski definition) is 3. The summed E-state index contributed by atoms with van der Waals surface area (Å²) in [5.74, 6) is -1.48. The van der Waals surface area contributed by atoms with Gasteiger partial charge in [0.2, 0.25) is 0 Å². The first-order valence-electron chi connectivity index (χ1n) is 12.5. The number of nitrogens with one attached hydrogen (secondary N) is 2. The van der Waals surface area contributed by atoms with Crippen LogP contribution in [0, 0.1) is 5.82 Å². The van der Waals surface area contributed by atoms with Crippen LogP contribution in [0.1, 0.15) is 44.8 Å². The fourth-order valence-corrected chi connectivity index (χ4v) is 4.29. The monoisotopic (exact) mass is 571 g/mol. The Balaban J connectivity index is 1.83. The van der Waals surface area contributed by atoms with Crippen molar-refractivity contribution in [3.8, 4) is 0 Å². The van der Waals surface area contributed by atoms with Crippen LogP contribution in [0.2, 0.25) is 0 Å². The minimum atomic E-state index is -0.904. The molecule has 3 rings (SSSR count). The Kier molecular flexibility index (Phi) is 11.5. The zero-order chi connectivity index (χ0) is 29.1. The van der Waals surface area contributed by atoms with Crippen molar-refractivity contribution in [1.29, 1.82) is 0 Å². The molecule has 1 unspecified atom stereocenters. The molecule has 0 aliphatic heterocycles. The highest BCUT2D eigenvalue weighted by molar-refractivity contribution is 7.95. The van der Waals surface area contributed by atoms with Gasteiger partial charge in [0.25, 0.3) is 5.91 Å². The zero-order valence-corrected chi connectivity index (χ0v) is 23.7. The number of esters is 1. The van der Waals surface area contributed by atoms with E-state index in [0.29, 0.717) is 12.1 Å². The first-order valence-corrected chi connectivity index (χ1v) is 13.2. The maximum atomic E-state index is 13.3. The van der Waals surface area contributed by atoms with Gasteiger partial charge < -0.3 is 20.5 Å². The molecule has 0 fully saturated rings. The third kappa shape index (κ3) is 8.51. The van der Waals surface area contributed by atoms with Gasteiger partial charge in [-0.2, -0.15) is 0 Å². The molecule has 2 atom stereocenters. The molecule has 1 amide bonds. The summed E-state index contributed by atoms with van der Waals surface area (Å²) in [5, 5.41) is 16.1. The van der Waals surface area contributed by atoms with E-state index in [4.69, 9.17) is 9.07 Å². The quantitative estimate of drug-likeness (QED) is 0.0861. The lowest BCUT2D eigenvalue weighted by Crippen LogP contribution is -2.52. The molecule has 0 saturated carbocycles. The summed E-state index contributed by atoms with van der Waals surface area (Å²) in [6.07, 6.45) is 0.427. The van der Waals surface area contributed by atoms with Gasteiger partial charge in [0, 0.05) is 12.6 Å². The van der Waals surface area contributed by atoms with E-state index in [2.05, 4.69) is 15.5 Å². The number of aliphatic hydroxyl groups excluding tert-OH is 1. The third-order valence-corrected chi connectivity index (χ3v) is 7.04. The van der Waals surface area contributed by atoms with Crippen LogP contribution in [0.15, 0.2) is 72.8 Å². The molecule has 214 valence electrons. The SMILES string of the molecule is CNC(CO)(COC(=O)c1cc(C(=O)N[C@H](C)c2ccc(F)cc2)cc(N(C)SOOC)c1)Cc1ccccc1. The van der Waals surface area contributed by atoms with Crippen LogP contribution in [0.25, 0.3) is 0 Å². The average molecular weight is 572 g/mol. The van der Waals surface area contributed by atoms with Crippen LogP contribution < -0.4 is 14.9 Å². The number of halogens is 1. The van der Waals surface area contributed by atoms with Crippen LogP contribution in [0.4, 0.5) is 10.1 Å². The highest BCUT2D eigenvalue weighted by Gasteiger charge is 2.30. The van der Waals surface area contributed by atoms with Gasteiger partial charge >= 0.3 is 5.97 Å². The lowest BCUT2D eigenvalue weighted by molar-refractivity contribution is -0.160. The van der Waals surface area contributed by atoms with Gasteiger partial charge in [-0.3, -0.25) is 9.10 Å². The normalized spacial score (nSPS) is 13.2. The smallest absolute Gasteiger partial charge is 0.338 e. The van der Waals surface area contributed by atoms with Crippen molar-refractivity contribution < 1.29 is 33.0 Å². The Hall–Kier alpha value is -3.48. The Labute approximate surface area is 237 Å². The molecule has 0 aliphatic rings. The Morgan fingerprint density at radius 1 is 1.07 bits per heavy atom. The molecule has 0 bridgehead atoms. The number of ether oxygens (including phenoxy) is 1. The number of hydrogen-bond acceptors (Lipinski definition) is 9. The molecule has 0 radical (unpaired) electrons. The standard InChI is InChI=1S/C29H34FN3O6S/c1-20(22-10-12-25(30)13-11-22)32-27(35)23-14-24(16-26(15-23)33(3)40-39-37-4)28(36)38-19-29(18-34,31-2)17-21-8-6-5-7-9-21/h5-16,20,31,34H,17-19H2,1-4H3,(H,32,35)/t20-,29?/m1/s1. The Bertz CT molecular complexity index is 1260. The van der Waals surface area contributed by atoms with Crippen molar-refractivity contribution in [2.75, 3.05) is 38.7 Å². The van der Waals surface area contributed by atoms with Gasteiger partial charge in [0.15, 0.2) is 12.2 Å². The van der Waals surface area contributed by atoms with Crippen molar-refractivity contribution in [3.63, 3.8) is 0 Å². The summed E-state index contributed by atoms with van der Waals surface area (Å²) in [4.78, 5) is 31.1. The molecule has 0 aliphatic carbocycles. The molecule has 11 heteroatoms. The fraction of sp³-hybridized carbons (Fsp3) is 0.310. The summed E-state index contributed by atoms with van der Waals surface area (Å²) < 4.78 is 25.5. The van der Waals surface area contributed by atoms with Crippen molar-refractivity contribution >= 4 is 29.8 Å². The molecule has 3 N–H and O–H groups in total. The summed E-state index contributed by atoms with van der Waals surface area (Å²) in [5.41, 5.74) is 1.59. The van der Waals surface area contributed by atoms with Gasteiger partial charge in [-0.1, -0.05) is 42.5 Å². The van der Waals surface area contributed by atoms with Gasteiger partial charge in [0.1, 0.15) is 12.4 Å². The van der Waals surface area contributed by atoms with Crippen LogP contribution in [0.5, 0.6) is 0 Å². The molecule has 3 aromatic rings. The van der Waals surface area contributed by atoms with E-state index < -0.39 is 23.5 Å². The summed E-state index contributed by atoms with van der Waals surface area (Å²) in [6.45, 7) is 1.39. The van der Waals surface area contributed by atoms with Crippen molar-refractivity contribution in [2.45, 2.75) is 24.9 Å². The van der Waals surface area contributed by atoms with Crippen molar-refractivity contribution in [2.24, 2.45) is 0 Å². The van der Waals surface area contributed by atoms with Crippen LogP contribution in [-0.2, 0) is 20.4 Å². The lowest BCUT2D eigenvalue weighted by Gasteiger charge is -2.31. The number of anilines is 1. The highest BCUT2D eigenvalue weighted by Crippen LogP contribution is 2.26. The van der Waals surface area contributed by atoms with Gasteiger partial charge in [-0.05, 0) is 61.9 Å². The number of nitrogens with zero attached hydrogens (tertiary/aromatic N) is 1. The molecule has 0 spiro atoms. The van der Waals surface area contributed by atoms with E-state index in [0.717, 1.165) is 23.4 Å². The fourth-order valence-electron chi connectivity index (χ4n) is 3.94. The number of carbonyl (C=O) groups is 2. The van der Waals surface area contributed by atoms with E-state index in [-0.39, 0.29) is 30.2 Å². The first-order chi connectivity index (χ1) is 19.2.